The molecular formula is C10H8Br2N2O. The van der Waals surface area contributed by atoms with Crippen LogP contribution in [0, 0.1) is 0 Å². The van der Waals surface area contributed by atoms with Gasteiger partial charge in [0.1, 0.15) is 0 Å². The lowest BCUT2D eigenvalue weighted by Crippen LogP contribution is -2.11. The number of rotatable bonds is 1. The zero-order chi connectivity index (χ0) is 11.0. The van der Waals surface area contributed by atoms with E-state index in [0.29, 0.717) is 5.39 Å². The molecule has 0 aliphatic heterocycles. The fourth-order valence-electron chi connectivity index (χ4n) is 1.46. The van der Waals surface area contributed by atoms with Gasteiger partial charge in [-0.2, -0.15) is 5.10 Å². The fourth-order valence-corrected chi connectivity index (χ4v) is 2.17. The van der Waals surface area contributed by atoms with Crippen LogP contribution in [0.5, 0.6) is 0 Å². The summed E-state index contributed by atoms with van der Waals surface area (Å²) in [4.78, 5) is 11.6. The van der Waals surface area contributed by atoms with Gasteiger partial charge in [0.25, 0.3) is 5.56 Å². The van der Waals surface area contributed by atoms with Gasteiger partial charge in [0, 0.05) is 9.86 Å². The van der Waals surface area contributed by atoms with E-state index in [0.717, 1.165) is 15.6 Å². The van der Waals surface area contributed by atoms with Crippen LogP contribution < -0.4 is 5.56 Å². The van der Waals surface area contributed by atoms with Crippen LogP contribution in [0.3, 0.4) is 0 Å². The Hall–Kier alpha value is -0.680. The van der Waals surface area contributed by atoms with Gasteiger partial charge in [-0.25, -0.2) is 5.10 Å². The Bertz CT molecular complexity index is 563. The van der Waals surface area contributed by atoms with Crippen molar-refractivity contribution in [2.24, 2.45) is 0 Å². The zero-order valence-corrected chi connectivity index (χ0v) is 11.1. The highest BCUT2D eigenvalue weighted by Gasteiger charge is 2.10. The number of aromatic amines is 1. The van der Waals surface area contributed by atoms with Crippen molar-refractivity contribution in [1.82, 2.24) is 10.2 Å². The Morgan fingerprint density at radius 3 is 2.80 bits per heavy atom. The Labute approximate surface area is 103 Å². The van der Waals surface area contributed by atoms with Crippen molar-refractivity contribution in [3.8, 4) is 0 Å². The Morgan fingerprint density at radius 2 is 2.13 bits per heavy atom. The van der Waals surface area contributed by atoms with Crippen LogP contribution in [-0.2, 0) is 0 Å². The molecule has 1 N–H and O–H groups in total. The van der Waals surface area contributed by atoms with Crippen LogP contribution in [0.15, 0.2) is 27.5 Å². The second kappa shape index (κ2) is 4.06. The van der Waals surface area contributed by atoms with Crippen molar-refractivity contribution >= 4 is 42.6 Å². The first-order valence-electron chi connectivity index (χ1n) is 4.41. The molecule has 1 aromatic heterocycles. The number of halogens is 2. The standard InChI is InChI=1S/C10H8Br2N2O/c1-5(11)9-8-4-6(12)2-3-7(8)10(15)14-13-9/h2-5H,1H3,(H,14,15). The van der Waals surface area contributed by atoms with E-state index in [2.05, 4.69) is 42.1 Å². The van der Waals surface area contributed by atoms with Gasteiger partial charge in [-0.05, 0) is 25.1 Å². The van der Waals surface area contributed by atoms with Crippen molar-refractivity contribution in [3.05, 3.63) is 38.7 Å². The smallest absolute Gasteiger partial charge is 0.267 e. The van der Waals surface area contributed by atoms with E-state index in [1.54, 1.807) is 6.07 Å². The summed E-state index contributed by atoms with van der Waals surface area (Å²) < 4.78 is 0.941. The molecule has 78 valence electrons. The molecule has 0 saturated carbocycles. The Morgan fingerprint density at radius 1 is 1.40 bits per heavy atom. The van der Waals surface area contributed by atoms with Crippen molar-refractivity contribution in [1.29, 1.82) is 0 Å². The van der Waals surface area contributed by atoms with E-state index in [-0.39, 0.29) is 10.4 Å². The molecule has 2 rings (SSSR count). The highest BCUT2D eigenvalue weighted by atomic mass is 79.9. The van der Waals surface area contributed by atoms with E-state index in [9.17, 15) is 4.79 Å². The zero-order valence-electron chi connectivity index (χ0n) is 7.92. The van der Waals surface area contributed by atoms with Crippen molar-refractivity contribution < 1.29 is 0 Å². The molecular weight excluding hydrogens is 324 g/mol. The second-order valence-corrected chi connectivity index (χ2v) is 5.53. The largest absolute Gasteiger partial charge is 0.272 e. The first-order valence-corrected chi connectivity index (χ1v) is 6.12. The van der Waals surface area contributed by atoms with Gasteiger partial charge >= 0.3 is 0 Å². The number of H-pyrrole nitrogens is 1. The SMILES string of the molecule is CC(Br)c1n[nH]c(=O)c2ccc(Br)cc12. The summed E-state index contributed by atoms with van der Waals surface area (Å²) >= 11 is 6.84. The van der Waals surface area contributed by atoms with Crippen LogP contribution in [0.4, 0.5) is 0 Å². The molecule has 2 aromatic rings. The summed E-state index contributed by atoms with van der Waals surface area (Å²) in [6, 6.07) is 5.55. The van der Waals surface area contributed by atoms with Crippen LogP contribution >= 0.6 is 31.9 Å². The fraction of sp³-hybridized carbons (Fsp3) is 0.200. The molecule has 0 aliphatic rings. The summed E-state index contributed by atoms with van der Waals surface area (Å²) in [7, 11) is 0. The van der Waals surface area contributed by atoms with Crippen molar-refractivity contribution in [2.45, 2.75) is 11.8 Å². The van der Waals surface area contributed by atoms with Gasteiger partial charge < -0.3 is 0 Å². The summed E-state index contributed by atoms with van der Waals surface area (Å²) in [6.07, 6.45) is 0. The monoisotopic (exact) mass is 330 g/mol. The third-order valence-electron chi connectivity index (χ3n) is 2.16. The van der Waals surface area contributed by atoms with Gasteiger partial charge in [0.15, 0.2) is 0 Å². The molecule has 1 aromatic carbocycles. The summed E-state index contributed by atoms with van der Waals surface area (Å²) in [5, 5.41) is 8.07. The Balaban J connectivity index is 2.90. The van der Waals surface area contributed by atoms with Crippen molar-refractivity contribution in [2.75, 3.05) is 0 Å². The number of fused-ring (bicyclic) bond motifs is 1. The minimum absolute atomic E-state index is 0.103. The third-order valence-corrected chi connectivity index (χ3v) is 3.08. The predicted molar refractivity (Wildman–Crippen MR) is 67.4 cm³/mol. The van der Waals surface area contributed by atoms with Crippen LogP contribution in [0.2, 0.25) is 0 Å². The van der Waals surface area contributed by atoms with Gasteiger partial charge in [-0.3, -0.25) is 4.79 Å². The molecule has 1 atom stereocenters. The minimum Gasteiger partial charge on any atom is -0.267 e. The maximum atomic E-state index is 11.5. The van der Waals surface area contributed by atoms with E-state index in [4.69, 9.17) is 0 Å². The first kappa shape index (κ1) is 10.8. The lowest BCUT2D eigenvalue weighted by atomic mass is 10.1. The van der Waals surface area contributed by atoms with Gasteiger partial charge in [0.05, 0.1) is 15.9 Å². The topological polar surface area (TPSA) is 45.8 Å². The number of hydrogen-bond acceptors (Lipinski definition) is 2. The molecule has 0 fully saturated rings. The number of benzene rings is 1. The molecule has 0 spiro atoms. The molecule has 1 unspecified atom stereocenters. The molecule has 0 aliphatic carbocycles. The maximum absolute atomic E-state index is 11.5. The molecule has 15 heavy (non-hydrogen) atoms. The number of hydrogen-bond donors (Lipinski definition) is 1. The number of alkyl halides is 1. The van der Waals surface area contributed by atoms with Crippen LogP contribution in [0.1, 0.15) is 17.4 Å². The lowest BCUT2D eigenvalue weighted by molar-refractivity contribution is 0.914. The molecule has 5 heteroatoms. The number of nitrogens with one attached hydrogen (secondary N) is 1. The molecule has 0 saturated heterocycles. The minimum atomic E-state index is -0.158. The second-order valence-electron chi connectivity index (χ2n) is 3.24. The lowest BCUT2D eigenvalue weighted by Gasteiger charge is -2.06. The van der Waals surface area contributed by atoms with Gasteiger partial charge in [-0.1, -0.05) is 31.9 Å². The van der Waals surface area contributed by atoms with E-state index in [1.165, 1.54) is 0 Å². The average Bonchev–Trinajstić information content (AvgIpc) is 2.17. The molecule has 0 bridgehead atoms. The van der Waals surface area contributed by atoms with Crippen LogP contribution in [0.25, 0.3) is 10.8 Å². The number of nitrogens with zero attached hydrogens (tertiary/aromatic N) is 1. The first-order chi connectivity index (χ1) is 7.09. The third kappa shape index (κ3) is 1.99. The summed E-state index contributed by atoms with van der Waals surface area (Å²) in [5.41, 5.74) is 0.681. The van der Waals surface area contributed by atoms with E-state index < -0.39 is 0 Å². The van der Waals surface area contributed by atoms with E-state index >= 15 is 0 Å². The Kier molecular flexibility index (Phi) is 2.93. The highest BCUT2D eigenvalue weighted by molar-refractivity contribution is 9.10. The maximum Gasteiger partial charge on any atom is 0.272 e. The quantitative estimate of drug-likeness (QED) is 0.816. The van der Waals surface area contributed by atoms with Gasteiger partial charge in [0.2, 0.25) is 0 Å². The summed E-state index contributed by atoms with van der Waals surface area (Å²) in [5.74, 6) is 0. The van der Waals surface area contributed by atoms with Crippen LogP contribution in [-0.4, -0.2) is 10.2 Å². The molecule has 3 nitrogen and oxygen atoms in total. The molecule has 0 radical (unpaired) electrons. The normalized spacial score (nSPS) is 13.0. The number of aromatic nitrogens is 2. The predicted octanol–water partition coefficient (Wildman–Crippen LogP) is 3.14. The van der Waals surface area contributed by atoms with E-state index in [1.807, 2.05) is 19.1 Å². The molecule has 0 amide bonds. The molecule has 1 heterocycles. The summed E-state index contributed by atoms with van der Waals surface area (Å²) in [6.45, 7) is 1.97. The van der Waals surface area contributed by atoms with Gasteiger partial charge in [-0.15, -0.1) is 0 Å². The average molecular weight is 332 g/mol. The highest BCUT2D eigenvalue weighted by Crippen LogP contribution is 2.27. The van der Waals surface area contributed by atoms with Crippen molar-refractivity contribution in [3.63, 3.8) is 0 Å².